The van der Waals surface area contributed by atoms with Crippen molar-refractivity contribution >= 4 is 17.7 Å². The number of carbonyl (C=O) groups excluding carboxylic acids is 1. The molecule has 1 saturated heterocycles. The molecule has 0 bridgehead atoms. The Hall–Kier alpha value is -1.56. The zero-order valence-corrected chi connectivity index (χ0v) is 14.2. The van der Waals surface area contributed by atoms with Crippen molar-refractivity contribution in [3.05, 3.63) is 16.9 Å². The minimum atomic E-state index is -0.501. The summed E-state index contributed by atoms with van der Waals surface area (Å²) in [5, 5.41) is 0.375. The second kappa shape index (κ2) is 6.69. The molecule has 1 aliphatic rings. The van der Waals surface area contributed by atoms with E-state index in [1.807, 2.05) is 27.7 Å². The minimum absolute atomic E-state index is 0.0291. The van der Waals surface area contributed by atoms with Gasteiger partial charge in [-0.05, 0) is 40.5 Å². The number of hydrogen-bond donors (Lipinski definition) is 0. The number of amides is 1. The summed E-state index contributed by atoms with van der Waals surface area (Å²) in [6, 6.07) is 0.199. The van der Waals surface area contributed by atoms with Crippen molar-refractivity contribution in [2.75, 3.05) is 13.2 Å². The van der Waals surface area contributed by atoms with Gasteiger partial charge in [-0.15, -0.1) is 0 Å². The summed E-state index contributed by atoms with van der Waals surface area (Å²) in [5.74, 6) is 0. The summed E-state index contributed by atoms with van der Waals surface area (Å²) >= 11 is 5.95. The minimum Gasteiger partial charge on any atom is -0.461 e. The van der Waals surface area contributed by atoms with Crippen LogP contribution in [0.25, 0.3) is 0 Å². The maximum Gasteiger partial charge on any atom is 0.410 e. The lowest BCUT2D eigenvalue weighted by atomic mass is 10.2. The van der Waals surface area contributed by atoms with E-state index in [0.717, 1.165) is 18.4 Å². The lowest BCUT2D eigenvalue weighted by Crippen LogP contribution is -2.42. The normalized spacial score (nSPS) is 18.4. The summed E-state index contributed by atoms with van der Waals surface area (Å²) in [4.78, 5) is 22.0. The smallest absolute Gasteiger partial charge is 0.410 e. The number of aromatic nitrogens is 2. The van der Waals surface area contributed by atoms with Crippen molar-refractivity contribution in [1.82, 2.24) is 14.9 Å². The quantitative estimate of drug-likeness (QED) is 0.797. The van der Waals surface area contributed by atoms with E-state index >= 15 is 0 Å². The van der Waals surface area contributed by atoms with Crippen LogP contribution in [0.2, 0.25) is 5.15 Å². The molecule has 6 nitrogen and oxygen atoms in total. The third-order valence-electron chi connectivity index (χ3n) is 3.30. The van der Waals surface area contributed by atoms with Gasteiger partial charge in [0.25, 0.3) is 0 Å². The van der Waals surface area contributed by atoms with Crippen LogP contribution in [0, 0.1) is 6.92 Å². The van der Waals surface area contributed by atoms with Gasteiger partial charge in [0.2, 0.25) is 0 Å². The molecule has 7 heteroatoms. The van der Waals surface area contributed by atoms with Crippen LogP contribution >= 0.6 is 11.6 Å². The maximum atomic E-state index is 12.2. The molecule has 0 saturated carbocycles. The van der Waals surface area contributed by atoms with E-state index < -0.39 is 5.60 Å². The van der Waals surface area contributed by atoms with Gasteiger partial charge in [-0.25, -0.2) is 9.78 Å². The number of carbonyl (C=O) groups is 1. The number of halogens is 1. The molecule has 0 N–H and O–H groups in total. The Morgan fingerprint density at radius 1 is 1.50 bits per heavy atom. The highest BCUT2D eigenvalue weighted by molar-refractivity contribution is 6.30. The topological polar surface area (TPSA) is 64.5 Å². The first-order valence-electron chi connectivity index (χ1n) is 7.38. The Balaban J connectivity index is 1.93. The first kappa shape index (κ1) is 16.8. The van der Waals surface area contributed by atoms with Crippen molar-refractivity contribution in [3.8, 4) is 6.01 Å². The predicted molar refractivity (Wildman–Crippen MR) is 83.2 cm³/mol. The molecule has 0 aromatic carbocycles. The second-order valence-electron chi connectivity index (χ2n) is 6.41. The van der Waals surface area contributed by atoms with Crippen LogP contribution < -0.4 is 4.74 Å². The van der Waals surface area contributed by atoms with E-state index in [2.05, 4.69) is 9.97 Å². The summed E-state index contributed by atoms with van der Waals surface area (Å²) in [6.07, 6.45) is 3.12. The molecule has 0 aliphatic carbocycles. The summed E-state index contributed by atoms with van der Waals surface area (Å²) in [5.41, 5.74) is 0.295. The Morgan fingerprint density at radius 2 is 2.23 bits per heavy atom. The zero-order valence-electron chi connectivity index (χ0n) is 13.4. The molecule has 0 radical (unpaired) electrons. The Kier molecular flexibility index (Phi) is 5.11. The molecule has 1 amide bonds. The molecule has 1 fully saturated rings. The first-order valence-corrected chi connectivity index (χ1v) is 7.75. The lowest BCUT2D eigenvalue weighted by Gasteiger charge is -2.28. The molecule has 122 valence electrons. The SMILES string of the molecule is Cc1cnc(OCC2CCCN2C(=O)OC(C)(C)C)nc1Cl. The monoisotopic (exact) mass is 327 g/mol. The molecule has 22 heavy (non-hydrogen) atoms. The molecular formula is C15H22ClN3O3. The van der Waals surface area contributed by atoms with E-state index in [1.54, 1.807) is 11.1 Å². The molecule has 1 aliphatic heterocycles. The zero-order chi connectivity index (χ0) is 16.3. The van der Waals surface area contributed by atoms with Gasteiger partial charge in [0.15, 0.2) is 0 Å². The van der Waals surface area contributed by atoms with Crippen molar-refractivity contribution in [2.24, 2.45) is 0 Å². The average Bonchev–Trinajstić information content (AvgIpc) is 2.87. The van der Waals surface area contributed by atoms with E-state index in [0.29, 0.717) is 18.3 Å². The van der Waals surface area contributed by atoms with Crippen LogP contribution in [-0.2, 0) is 4.74 Å². The Morgan fingerprint density at radius 3 is 2.86 bits per heavy atom. The third-order valence-corrected chi connectivity index (χ3v) is 3.68. The highest BCUT2D eigenvalue weighted by Gasteiger charge is 2.32. The lowest BCUT2D eigenvalue weighted by molar-refractivity contribution is 0.0184. The fraction of sp³-hybridized carbons (Fsp3) is 0.667. The van der Waals surface area contributed by atoms with Gasteiger partial charge in [0, 0.05) is 18.3 Å². The molecule has 1 unspecified atom stereocenters. The average molecular weight is 328 g/mol. The number of rotatable bonds is 3. The van der Waals surface area contributed by atoms with Crippen molar-refractivity contribution in [1.29, 1.82) is 0 Å². The van der Waals surface area contributed by atoms with Crippen LogP contribution in [-0.4, -0.2) is 45.8 Å². The van der Waals surface area contributed by atoms with Crippen molar-refractivity contribution < 1.29 is 14.3 Å². The molecule has 1 aromatic rings. The number of nitrogens with zero attached hydrogens (tertiary/aromatic N) is 3. The maximum absolute atomic E-state index is 12.2. The van der Waals surface area contributed by atoms with Crippen LogP contribution in [0.5, 0.6) is 6.01 Å². The van der Waals surface area contributed by atoms with Crippen molar-refractivity contribution in [2.45, 2.75) is 52.2 Å². The van der Waals surface area contributed by atoms with E-state index in [-0.39, 0.29) is 18.1 Å². The summed E-state index contributed by atoms with van der Waals surface area (Å²) in [7, 11) is 0. The van der Waals surface area contributed by atoms with Gasteiger partial charge < -0.3 is 14.4 Å². The van der Waals surface area contributed by atoms with Gasteiger partial charge in [-0.3, -0.25) is 0 Å². The van der Waals surface area contributed by atoms with Crippen molar-refractivity contribution in [3.63, 3.8) is 0 Å². The predicted octanol–water partition coefficient (Wildman–Crippen LogP) is 3.22. The number of ether oxygens (including phenoxy) is 2. The highest BCUT2D eigenvalue weighted by Crippen LogP contribution is 2.22. The van der Waals surface area contributed by atoms with E-state index in [4.69, 9.17) is 21.1 Å². The van der Waals surface area contributed by atoms with Crippen LogP contribution in [0.1, 0.15) is 39.2 Å². The molecule has 2 rings (SSSR count). The fourth-order valence-electron chi connectivity index (χ4n) is 2.22. The molecule has 2 heterocycles. The highest BCUT2D eigenvalue weighted by atomic mass is 35.5. The standard InChI is InChI=1S/C15H22ClN3O3/c1-10-8-17-13(18-12(10)16)21-9-11-6-5-7-19(11)14(20)22-15(2,3)4/h8,11H,5-7,9H2,1-4H3. The number of hydrogen-bond acceptors (Lipinski definition) is 5. The molecular weight excluding hydrogens is 306 g/mol. The van der Waals surface area contributed by atoms with Crippen LogP contribution in [0.15, 0.2) is 6.20 Å². The summed E-state index contributed by atoms with van der Waals surface area (Å²) < 4.78 is 11.0. The molecule has 1 aromatic heterocycles. The van der Waals surface area contributed by atoms with Gasteiger partial charge in [0.05, 0.1) is 6.04 Å². The largest absolute Gasteiger partial charge is 0.461 e. The number of aryl methyl sites for hydroxylation is 1. The summed E-state index contributed by atoms with van der Waals surface area (Å²) in [6.45, 7) is 8.41. The van der Waals surface area contributed by atoms with Crippen LogP contribution in [0.4, 0.5) is 4.79 Å². The van der Waals surface area contributed by atoms with Gasteiger partial charge >= 0.3 is 12.1 Å². The van der Waals surface area contributed by atoms with E-state index in [1.165, 1.54) is 0 Å². The fourth-order valence-corrected chi connectivity index (χ4v) is 2.34. The third kappa shape index (κ3) is 4.47. The van der Waals surface area contributed by atoms with Gasteiger partial charge in [-0.2, -0.15) is 4.98 Å². The van der Waals surface area contributed by atoms with Gasteiger partial charge in [0.1, 0.15) is 17.4 Å². The number of likely N-dealkylation sites (tertiary alicyclic amines) is 1. The van der Waals surface area contributed by atoms with E-state index in [9.17, 15) is 4.79 Å². The Bertz CT molecular complexity index is 545. The van der Waals surface area contributed by atoms with Gasteiger partial charge in [-0.1, -0.05) is 11.6 Å². The van der Waals surface area contributed by atoms with Crippen LogP contribution in [0.3, 0.4) is 0 Å². The molecule has 1 atom stereocenters. The first-order chi connectivity index (χ1) is 10.3. The molecule has 0 spiro atoms. The Labute approximate surface area is 135 Å². The second-order valence-corrected chi connectivity index (χ2v) is 6.77.